The van der Waals surface area contributed by atoms with Crippen molar-refractivity contribution in [2.45, 2.75) is 32.1 Å². The van der Waals surface area contributed by atoms with E-state index in [0.29, 0.717) is 5.25 Å². The summed E-state index contributed by atoms with van der Waals surface area (Å²) in [5.41, 5.74) is 1.00. The van der Waals surface area contributed by atoms with Crippen LogP contribution in [0, 0.1) is 0 Å². The van der Waals surface area contributed by atoms with Crippen LogP contribution in [0.25, 0.3) is 0 Å². The zero-order valence-corrected chi connectivity index (χ0v) is 11.9. The van der Waals surface area contributed by atoms with Crippen molar-refractivity contribution in [1.82, 2.24) is 10.3 Å². The summed E-state index contributed by atoms with van der Waals surface area (Å²) < 4.78 is 5.37. The Balaban J connectivity index is 2.80. The summed E-state index contributed by atoms with van der Waals surface area (Å²) in [6.07, 6.45) is 1.82. The van der Waals surface area contributed by atoms with Gasteiger partial charge in [-0.15, -0.1) is 0 Å². The lowest BCUT2D eigenvalue weighted by atomic mass is 10.2. The lowest BCUT2D eigenvalue weighted by Crippen LogP contribution is -2.25. The van der Waals surface area contributed by atoms with Gasteiger partial charge in [-0.2, -0.15) is 11.8 Å². The van der Waals surface area contributed by atoms with E-state index in [1.54, 1.807) is 7.11 Å². The average Bonchev–Trinajstić information content (AvgIpc) is 2.34. The quantitative estimate of drug-likeness (QED) is 0.811. The zero-order chi connectivity index (χ0) is 12.7. The monoisotopic (exact) mass is 254 g/mol. The van der Waals surface area contributed by atoms with Crippen LogP contribution in [0.1, 0.15) is 32.5 Å². The highest BCUT2D eigenvalue weighted by molar-refractivity contribution is 7.99. The van der Waals surface area contributed by atoms with Crippen LogP contribution in [-0.2, 0) is 0 Å². The smallest absolute Gasteiger partial charge is 0.142 e. The molecule has 17 heavy (non-hydrogen) atoms. The Morgan fingerprint density at radius 2 is 2.24 bits per heavy atom. The van der Waals surface area contributed by atoms with E-state index in [4.69, 9.17) is 4.74 Å². The minimum Gasteiger partial charge on any atom is -0.495 e. The van der Waals surface area contributed by atoms with Gasteiger partial charge in [0.1, 0.15) is 5.75 Å². The zero-order valence-electron chi connectivity index (χ0n) is 11.1. The van der Waals surface area contributed by atoms with Gasteiger partial charge in [-0.25, -0.2) is 0 Å². The summed E-state index contributed by atoms with van der Waals surface area (Å²) >= 11 is 1.94. The molecule has 0 bridgehead atoms. The van der Waals surface area contributed by atoms with Gasteiger partial charge in [0.25, 0.3) is 0 Å². The summed E-state index contributed by atoms with van der Waals surface area (Å²) in [5, 5.41) is 4.10. The standard InChI is InChI=1S/C13H22N2OS/c1-5-14-11(9-17-10(2)3)13-12(16-4)7-6-8-15-13/h6-8,10-11,14H,5,9H2,1-4H3. The van der Waals surface area contributed by atoms with E-state index in [9.17, 15) is 0 Å². The molecule has 0 saturated heterocycles. The first-order chi connectivity index (χ1) is 8.19. The van der Waals surface area contributed by atoms with Gasteiger partial charge in [0.15, 0.2) is 0 Å². The van der Waals surface area contributed by atoms with E-state index in [-0.39, 0.29) is 6.04 Å². The Bertz CT molecular complexity index is 331. The highest BCUT2D eigenvalue weighted by Crippen LogP contribution is 2.26. The van der Waals surface area contributed by atoms with Crippen molar-refractivity contribution in [3.05, 3.63) is 24.0 Å². The molecule has 0 aliphatic rings. The predicted molar refractivity (Wildman–Crippen MR) is 74.8 cm³/mol. The molecule has 1 atom stereocenters. The van der Waals surface area contributed by atoms with Crippen LogP contribution in [0.2, 0.25) is 0 Å². The van der Waals surface area contributed by atoms with Crippen molar-refractivity contribution in [1.29, 1.82) is 0 Å². The number of aromatic nitrogens is 1. The molecular weight excluding hydrogens is 232 g/mol. The van der Waals surface area contributed by atoms with Gasteiger partial charge in [0, 0.05) is 11.9 Å². The number of nitrogens with one attached hydrogen (secondary N) is 1. The number of rotatable bonds is 7. The lowest BCUT2D eigenvalue weighted by Gasteiger charge is -2.20. The number of pyridine rings is 1. The molecule has 0 spiro atoms. The Morgan fingerprint density at radius 1 is 1.47 bits per heavy atom. The van der Waals surface area contributed by atoms with Gasteiger partial charge in [-0.3, -0.25) is 4.98 Å². The summed E-state index contributed by atoms with van der Waals surface area (Å²) in [5.74, 6) is 1.88. The van der Waals surface area contributed by atoms with Gasteiger partial charge >= 0.3 is 0 Å². The highest BCUT2D eigenvalue weighted by Gasteiger charge is 2.16. The van der Waals surface area contributed by atoms with Crippen molar-refractivity contribution in [2.75, 3.05) is 19.4 Å². The van der Waals surface area contributed by atoms with E-state index >= 15 is 0 Å². The molecular formula is C13H22N2OS. The molecule has 1 aromatic heterocycles. The average molecular weight is 254 g/mol. The van der Waals surface area contributed by atoms with Crippen LogP contribution in [0.3, 0.4) is 0 Å². The van der Waals surface area contributed by atoms with Gasteiger partial charge < -0.3 is 10.1 Å². The maximum absolute atomic E-state index is 5.37. The number of hydrogen-bond donors (Lipinski definition) is 1. The first kappa shape index (κ1) is 14.3. The molecule has 1 aromatic rings. The molecule has 1 rings (SSSR count). The molecule has 96 valence electrons. The fraction of sp³-hybridized carbons (Fsp3) is 0.615. The molecule has 0 fully saturated rings. The van der Waals surface area contributed by atoms with Crippen LogP contribution in [0.5, 0.6) is 5.75 Å². The van der Waals surface area contributed by atoms with E-state index in [0.717, 1.165) is 23.7 Å². The minimum absolute atomic E-state index is 0.253. The molecule has 4 heteroatoms. The van der Waals surface area contributed by atoms with Gasteiger partial charge in [-0.05, 0) is 23.9 Å². The van der Waals surface area contributed by atoms with Crippen molar-refractivity contribution < 1.29 is 4.74 Å². The largest absolute Gasteiger partial charge is 0.495 e. The first-order valence-electron chi connectivity index (χ1n) is 6.02. The van der Waals surface area contributed by atoms with Crippen LogP contribution in [0.15, 0.2) is 18.3 Å². The van der Waals surface area contributed by atoms with E-state index in [1.807, 2.05) is 30.1 Å². The Morgan fingerprint density at radius 3 is 2.82 bits per heavy atom. The number of ether oxygens (including phenoxy) is 1. The Hall–Kier alpha value is -0.740. The van der Waals surface area contributed by atoms with Gasteiger partial charge in [0.05, 0.1) is 18.8 Å². The maximum atomic E-state index is 5.37. The van der Waals surface area contributed by atoms with E-state index in [2.05, 4.69) is 31.1 Å². The third kappa shape index (κ3) is 4.56. The van der Waals surface area contributed by atoms with Crippen molar-refractivity contribution in [2.24, 2.45) is 0 Å². The van der Waals surface area contributed by atoms with Crippen LogP contribution >= 0.6 is 11.8 Å². The second-order valence-electron chi connectivity index (χ2n) is 4.08. The van der Waals surface area contributed by atoms with Crippen LogP contribution in [-0.4, -0.2) is 29.6 Å². The Labute approximate surface area is 108 Å². The molecule has 1 heterocycles. The molecule has 3 nitrogen and oxygen atoms in total. The number of thioether (sulfide) groups is 1. The molecule has 0 amide bonds. The first-order valence-corrected chi connectivity index (χ1v) is 7.07. The number of nitrogens with zero attached hydrogens (tertiary/aromatic N) is 1. The Kier molecular flexibility index (Phi) is 6.37. The molecule has 0 aromatic carbocycles. The molecule has 1 N–H and O–H groups in total. The molecule has 0 aliphatic carbocycles. The van der Waals surface area contributed by atoms with E-state index in [1.165, 1.54) is 0 Å². The molecule has 1 unspecified atom stereocenters. The fourth-order valence-corrected chi connectivity index (χ4v) is 2.46. The summed E-state index contributed by atoms with van der Waals surface area (Å²) in [7, 11) is 1.69. The fourth-order valence-electron chi connectivity index (χ4n) is 1.61. The molecule has 0 aliphatic heterocycles. The van der Waals surface area contributed by atoms with E-state index < -0.39 is 0 Å². The second kappa shape index (κ2) is 7.56. The third-order valence-corrected chi connectivity index (χ3v) is 3.59. The molecule has 0 saturated carbocycles. The summed E-state index contributed by atoms with van der Waals surface area (Å²) in [4.78, 5) is 4.45. The van der Waals surface area contributed by atoms with Crippen molar-refractivity contribution >= 4 is 11.8 Å². The summed E-state index contributed by atoms with van der Waals surface area (Å²) in [6.45, 7) is 7.47. The van der Waals surface area contributed by atoms with Gasteiger partial charge in [-0.1, -0.05) is 20.8 Å². The number of hydrogen-bond acceptors (Lipinski definition) is 4. The normalized spacial score (nSPS) is 12.8. The van der Waals surface area contributed by atoms with Crippen LogP contribution < -0.4 is 10.1 Å². The van der Waals surface area contributed by atoms with Crippen molar-refractivity contribution in [3.8, 4) is 5.75 Å². The third-order valence-electron chi connectivity index (χ3n) is 2.40. The maximum Gasteiger partial charge on any atom is 0.142 e. The second-order valence-corrected chi connectivity index (χ2v) is 5.69. The minimum atomic E-state index is 0.253. The number of methoxy groups -OCH3 is 1. The van der Waals surface area contributed by atoms with Crippen molar-refractivity contribution in [3.63, 3.8) is 0 Å². The highest BCUT2D eigenvalue weighted by atomic mass is 32.2. The van der Waals surface area contributed by atoms with Crippen LogP contribution in [0.4, 0.5) is 0 Å². The predicted octanol–water partition coefficient (Wildman–Crippen LogP) is 2.88. The molecule has 0 radical (unpaired) electrons. The van der Waals surface area contributed by atoms with Gasteiger partial charge in [0.2, 0.25) is 0 Å². The topological polar surface area (TPSA) is 34.2 Å². The lowest BCUT2D eigenvalue weighted by molar-refractivity contribution is 0.398. The summed E-state index contributed by atoms with van der Waals surface area (Å²) in [6, 6.07) is 4.12. The SMILES string of the molecule is CCNC(CSC(C)C)c1ncccc1OC.